The zero-order chi connectivity index (χ0) is 10.7. The van der Waals surface area contributed by atoms with Crippen LogP contribution in [0.3, 0.4) is 0 Å². The molecule has 78 valence electrons. The number of rotatable bonds is 3. The fourth-order valence-electron chi connectivity index (χ4n) is 1.60. The Hall–Kier alpha value is -0.980. The third-order valence-electron chi connectivity index (χ3n) is 2.27. The summed E-state index contributed by atoms with van der Waals surface area (Å²) in [6.45, 7) is 11.0. The first-order valence-corrected chi connectivity index (χ1v) is 5.37. The molecular weight excluding hydrogens is 170 g/mol. The lowest BCUT2D eigenvalue weighted by Gasteiger charge is -2.17. The van der Waals surface area contributed by atoms with Gasteiger partial charge in [-0.15, -0.1) is 0 Å². The maximum atomic E-state index is 3.48. The highest BCUT2D eigenvalue weighted by Crippen LogP contribution is 2.25. The standard InChI is InChI=1S/C13H21N/c1-9(2)12-8-11(5)6-7-13(12)14-10(3)4/h6-10,14H,1-5H3. The smallest absolute Gasteiger partial charge is 0.0377 e. The van der Waals surface area contributed by atoms with Crippen LogP contribution in [0.4, 0.5) is 5.69 Å². The predicted molar refractivity (Wildman–Crippen MR) is 64.0 cm³/mol. The molecule has 0 saturated carbocycles. The van der Waals surface area contributed by atoms with Crippen molar-refractivity contribution in [1.29, 1.82) is 0 Å². The van der Waals surface area contributed by atoms with Crippen LogP contribution in [-0.2, 0) is 0 Å². The van der Waals surface area contributed by atoms with Gasteiger partial charge in [-0.25, -0.2) is 0 Å². The quantitative estimate of drug-likeness (QED) is 0.763. The van der Waals surface area contributed by atoms with Gasteiger partial charge < -0.3 is 5.32 Å². The van der Waals surface area contributed by atoms with Crippen molar-refractivity contribution in [3.8, 4) is 0 Å². The molecule has 1 aromatic carbocycles. The van der Waals surface area contributed by atoms with E-state index in [4.69, 9.17) is 0 Å². The highest BCUT2D eigenvalue weighted by molar-refractivity contribution is 5.54. The highest BCUT2D eigenvalue weighted by atomic mass is 14.9. The summed E-state index contributed by atoms with van der Waals surface area (Å²) >= 11 is 0. The molecule has 0 atom stereocenters. The molecule has 0 radical (unpaired) electrons. The molecule has 1 rings (SSSR count). The fourth-order valence-corrected chi connectivity index (χ4v) is 1.60. The summed E-state index contributed by atoms with van der Waals surface area (Å²) in [5, 5.41) is 3.48. The van der Waals surface area contributed by atoms with E-state index in [1.165, 1.54) is 16.8 Å². The molecule has 0 heterocycles. The van der Waals surface area contributed by atoms with E-state index in [-0.39, 0.29) is 0 Å². The van der Waals surface area contributed by atoms with Gasteiger partial charge in [-0.05, 0) is 38.3 Å². The van der Waals surface area contributed by atoms with Crippen LogP contribution in [0.1, 0.15) is 44.7 Å². The van der Waals surface area contributed by atoms with Crippen LogP contribution >= 0.6 is 0 Å². The van der Waals surface area contributed by atoms with Crippen molar-refractivity contribution in [2.45, 2.75) is 46.6 Å². The molecule has 0 unspecified atom stereocenters. The monoisotopic (exact) mass is 191 g/mol. The Morgan fingerprint density at radius 2 is 1.71 bits per heavy atom. The zero-order valence-electron chi connectivity index (χ0n) is 9.89. The number of hydrogen-bond acceptors (Lipinski definition) is 1. The number of nitrogens with one attached hydrogen (secondary N) is 1. The van der Waals surface area contributed by atoms with Gasteiger partial charge in [-0.1, -0.05) is 31.5 Å². The number of anilines is 1. The molecule has 0 spiro atoms. The van der Waals surface area contributed by atoms with Crippen LogP contribution in [0.5, 0.6) is 0 Å². The molecule has 0 aliphatic carbocycles. The second-order valence-corrected chi connectivity index (χ2v) is 4.54. The van der Waals surface area contributed by atoms with Crippen molar-refractivity contribution < 1.29 is 0 Å². The number of hydrogen-bond donors (Lipinski definition) is 1. The van der Waals surface area contributed by atoms with Gasteiger partial charge in [-0.3, -0.25) is 0 Å². The summed E-state index contributed by atoms with van der Waals surface area (Å²) in [5.74, 6) is 0.580. The van der Waals surface area contributed by atoms with E-state index in [9.17, 15) is 0 Å². The second kappa shape index (κ2) is 4.50. The lowest BCUT2D eigenvalue weighted by Crippen LogP contribution is -2.12. The largest absolute Gasteiger partial charge is 0.383 e. The Morgan fingerprint density at radius 1 is 1.07 bits per heavy atom. The lowest BCUT2D eigenvalue weighted by atomic mass is 9.98. The molecule has 0 bridgehead atoms. The summed E-state index contributed by atoms with van der Waals surface area (Å²) in [5.41, 5.74) is 4.03. The number of aryl methyl sites for hydroxylation is 1. The van der Waals surface area contributed by atoms with Crippen LogP contribution in [0.15, 0.2) is 18.2 Å². The first kappa shape index (κ1) is 11.1. The third kappa shape index (κ3) is 2.76. The summed E-state index contributed by atoms with van der Waals surface area (Å²) in [7, 11) is 0. The Kier molecular flexibility index (Phi) is 3.56. The minimum absolute atomic E-state index is 0.496. The van der Waals surface area contributed by atoms with Gasteiger partial charge in [-0.2, -0.15) is 0 Å². The molecule has 14 heavy (non-hydrogen) atoms. The molecule has 1 heteroatoms. The average molecular weight is 191 g/mol. The average Bonchev–Trinajstić information content (AvgIpc) is 2.07. The van der Waals surface area contributed by atoms with Crippen LogP contribution in [0.25, 0.3) is 0 Å². The van der Waals surface area contributed by atoms with E-state index in [1.54, 1.807) is 0 Å². The Labute approximate surface area is 87.5 Å². The van der Waals surface area contributed by atoms with Gasteiger partial charge in [0, 0.05) is 11.7 Å². The van der Waals surface area contributed by atoms with Gasteiger partial charge in [0.2, 0.25) is 0 Å². The van der Waals surface area contributed by atoms with Gasteiger partial charge in [0.05, 0.1) is 0 Å². The molecule has 1 nitrogen and oxygen atoms in total. The molecule has 0 aromatic heterocycles. The molecule has 1 aromatic rings. The van der Waals surface area contributed by atoms with E-state index in [0.717, 1.165) is 0 Å². The summed E-state index contributed by atoms with van der Waals surface area (Å²) < 4.78 is 0. The summed E-state index contributed by atoms with van der Waals surface area (Å²) in [6.07, 6.45) is 0. The second-order valence-electron chi connectivity index (χ2n) is 4.54. The molecule has 0 saturated heterocycles. The van der Waals surface area contributed by atoms with Crippen molar-refractivity contribution >= 4 is 5.69 Å². The van der Waals surface area contributed by atoms with Gasteiger partial charge in [0.1, 0.15) is 0 Å². The van der Waals surface area contributed by atoms with E-state index in [2.05, 4.69) is 58.1 Å². The first-order chi connectivity index (χ1) is 6.50. The van der Waals surface area contributed by atoms with Crippen molar-refractivity contribution in [2.75, 3.05) is 5.32 Å². The lowest BCUT2D eigenvalue weighted by molar-refractivity contribution is 0.845. The summed E-state index contributed by atoms with van der Waals surface area (Å²) in [4.78, 5) is 0. The molecule has 0 fully saturated rings. The zero-order valence-corrected chi connectivity index (χ0v) is 9.89. The fraction of sp³-hybridized carbons (Fsp3) is 0.538. The molecule has 1 N–H and O–H groups in total. The van der Waals surface area contributed by atoms with Crippen LogP contribution < -0.4 is 5.32 Å². The predicted octanol–water partition coefficient (Wildman–Crippen LogP) is 3.94. The topological polar surface area (TPSA) is 12.0 Å². The highest BCUT2D eigenvalue weighted by Gasteiger charge is 2.07. The molecular formula is C13H21N. The van der Waals surface area contributed by atoms with Crippen molar-refractivity contribution in [3.63, 3.8) is 0 Å². The number of benzene rings is 1. The Morgan fingerprint density at radius 3 is 2.21 bits per heavy atom. The summed E-state index contributed by atoms with van der Waals surface area (Å²) in [6, 6.07) is 7.12. The maximum Gasteiger partial charge on any atom is 0.0377 e. The minimum atomic E-state index is 0.496. The van der Waals surface area contributed by atoms with Gasteiger partial charge in [0.15, 0.2) is 0 Å². The van der Waals surface area contributed by atoms with Crippen molar-refractivity contribution in [3.05, 3.63) is 29.3 Å². The van der Waals surface area contributed by atoms with Crippen molar-refractivity contribution in [2.24, 2.45) is 0 Å². The Bertz CT molecular complexity index is 300. The Balaban J connectivity index is 3.02. The van der Waals surface area contributed by atoms with Crippen LogP contribution in [0.2, 0.25) is 0 Å². The van der Waals surface area contributed by atoms with Crippen molar-refractivity contribution in [1.82, 2.24) is 0 Å². The third-order valence-corrected chi connectivity index (χ3v) is 2.27. The van der Waals surface area contributed by atoms with E-state index < -0.39 is 0 Å². The van der Waals surface area contributed by atoms with Crippen LogP contribution in [0, 0.1) is 6.92 Å². The maximum absolute atomic E-state index is 3.48. The van der Waals surface area contributed by atoms with E-state index in [0.29, 0.717) is 12.0 Å². The first-order valence-electron chi connectivity index (χ1n) is 5.37. The molecule has 0 aliphatic heterocycles. The van der Waals surface area contributed by atoms with E-state index >= 15 is 0 Å². The SMILES string of the molecule is Cc1ccc(NC(C)C)c(C(C)C)c1. The van der Waals surface area contributed by atoms with E-state index in [1.807, 2.05) is 0 Å². The van der Waals surface area contributed by atoms with Gasteiger partial charge >= 0.3 is 0 Å². The minimum Gasteiger partial charge on any atom is -0.383 e. The van der Waals surface area contributed by atoms with Gasteiger partial charge in [0.25, 0.3) is 0 Å². The molecule has 0 aliphatic rings. The molecule has 0 amide bonds. The van der Waals surface area contributed by atoms with Crippen LogP contribution in [-0.4, -0.2) is 6.04 Å². The normalized spacial score (nSPS) is 11.1.